The molecule has 1 aromatic carbocycles. The van der Waals surface area contributed by atoms with Crippen molar-refractivity contribution in [2.75, 3.05) is 0 Å². The normalized spacial score (nSPS) is 10.6. The van der Waals surface area contributed by atoms with Crippen LogP contribution >= 0.6 is 15.9 Å². The van der Waals surface area contributed by atoms with E-state index in [0.717, 1.165) is 33.8 Å². The lowest BCUT2D eigenvalue weighted by molar-refractivity contribution is -0.107. The molecule has 0 radical (unpaired) electrons. The van der Waals surface area contributed by atoms with Crippen LogP contribution in [-0.2, 0) is 11.2 Å². The van der Waals surface area contributed by atoms with Crippen LogP contribution < -0.4 is 0 Å². The lowest BCUT2D eigenvalue weighted by atomic mass is 10.1. The average molecular weight is 253 g/mol. The summed E-state index contributed by atoms with van der Waals surface area (Å²) in [4.78, 5) is 10.3. The van der Waals surface area contributed by atoms with Crippen molar-refractivity contribution in [3.05, 3.63) is 28.4 Å². The second-order valence-electron chi connectivity index (χ2n) is 3.05. The van der Waals surface area contributed by atoms with Gasteiger partial charge in [0.15, 0.2) is 0 Å². The third-order valence-electron chi connectivity index (χ3n) is 2.15. The fourth-order valence-electron chi connectivity index (χ4n) is 1.52. The van der Waals surface area contributed by atoms with Crippen LogP contribution in [0.4, 0.5) is 0 Å². The molecule has 3 nitrogen and oxygen atoms in total. The van der Waals surface area contributed by atoms with Gasteiger partial charge in [0, 0.05) is 11.8 Å². The van der Waals surface area contributed by atoms with Crippen LogP contribution in [0, 0.1) is 0 Å². The smallest absolute Gasteiger partial charge is 0.120 e. The van der Waals surface area contributed by atoms with E-state index in [-0.39, 0.29) is 0 Å². The van der Waals surface area contributed by atoms with Gasteiger partial charge in [-0.2, -0.15) is 5.10 Å². The molecule has 4 heteroatoms. The van der Waals surface area contributed by atoms with Crippen LogP contribution in [-0.4, -0.2) is 16.5 Å². The molecule has 0 saturated carbocycles. The van der Waals surface area contributed by atoms with Crippen molar-refractivity contribution in [1.29, 1.82) is 0 Å². The van der Waals surface area contributed by atoms with E-state index in [9.17, 15) is 4.79 Å². The topological polar surface area (TPSA) is 45.8 Å². The second-order valence-corrected chi connectivity index (χ2v) is 3.85. The number of aldehydes is 1. The Labute approximate surface area is 89.6 Å². The van der Waals surface area contributed by atoms with Gasteiger partial charge in [0.1, 0.15) is 10.9 Å². The SMILES string of the molecule is O=CCCc1cccc2n[nH]c(Br)c12. The maximum atomic E-state index is 10.3. The summed E-state index contributed by atoms with van der Waals surface area (Å²) in [5.41, 5.74) is 2.08. The molecule has 0 unspecified atom stereocenters. The number of nitrogens with one attached hydrogen (secondary N) is 1. The summed E-state index contributed by atoms with van der Waals surface area (Å²) < 4.78 is 0.883. The lowest BCUT2D eigenvalue weighted by Crippen LogP contribution is -1.87. The number of halogens is 1. The molecule has 0 aliphatic heterocycles. The van der Waals surface area contributed by atoms with Gasteiger partial charge >= 0.3 is 0 Å². The molecular weight excluding hydrogens is 244 g/mol. The maximum absolute atomic E-state index is 10.3. The molecule has 1 heterocycles. The highest BCUT2D eigenvalue weighted by Gasteiger charge is 2.06. The Morgan fingerprint density at radius 2 is 2.36 bits per heavy atom. The van der Waals surface area contributed by atoms with E-state index in [4.69, 9.17) is 0 Å². The van der Waals surface area contributed by atoms with Crippen molar-refractivity contribution in [1.82, 2.24) is 10.2 Å². The minimum absolute atomic E-state index is 0.552. The van der Waals surface area contributed by atoms with Gasteiger partial charge in [0.05, 0.1) is 5.52 Å². The third kappa shape index (κ3) is 1.57. The fourth-order valence-corrected chi connectivity index (χ4v) is 2.07. The minimum Gasteiger partial charge on any atom is -0.303 e. The van der Waals surface area contributed by atoms with Gasteiger partial charge in [-0.1, -0.05) is 12.1 Å². The zero-order valence-electron chi connectivity index (χ0n) is 7.46. The number of benzene rings is 1. The van der Waals surface area contributed by atoms with Crippen molar-refractivity contribution >= 4 is 33.1 Å². The number of carbonyl (C=O) groups excluding carboxylic acids is 1. The lowest BCUT2D eigenvalue weighted by Gasteiger charge is -1.99. The number of aromatic nitrogens is 2. The number of hydrogen-bond acceptors (Lipinski definition) is 2. The summed E-state index contributed by atoms with van der Waals surface area (Å²) in [5.74, 6) is 0. The number of rotatable bonds is 3. The van der Waals surface area contributed by atoms with Gasteiger partial charge in [-0.25, -0.2) is 0 Å². The maximum Gasteiger partial charge on any atom is 0.120 e. The van der Waals surface area contributed by atoms with Crippen LogP contribution in [0.1, 0.15) is 12.0 Å². The van der Waals surface area contributed by atoms with Crippen LogP contribution in [0.5, 0.6) is 0 Å². The summed E-state index contributed by atoms with van der Waals surface area (Å²) in [6.07, 6.45) is 2.25. The molecule has 0 amide bonds. The van der Waals surface area contributed by atoms with E-state index >= 15 is 0 Å². The molecule has 0 spiro atoms. The molecule has 1 N–H and O–H groups in total. The summed E-state index contributed by atoms with van der Waals surface area (Å²) in [6.45, 7) is 0. The first-order valence-corrected chi connectivity index (χ1v) is 5.17. The van der Waals surface area contributed by atoms with Crippen molar-refractivity contribution < 1.29 is 4.79 Å². The van der Waals surface area contributed by atoms with Crippen molar-refractivity contribution in [3.63, 3.8) is 0 Å². The number of nitrogens with zero attached hydrogens (tertiary/aromatic N) is 1. The molecule has 14 heavy (non-hydrogen) atoms. The van der Waals surface area contributed by atoms with Gasteiger partial charge in [0.25, 0.3) is 0 Å². The van der Waals surface area contributed by atoms with Crippen molar-refractivity contribution in [2.45, 2.75) is 12.8 Å². The molecule has 2 rings (SSSR count). The second kappa shape index (κ2) is 3.92. The molecule has 1 aromatic heterocycles. The summed E-state index contributed by atoms with van der Waals surface area (Å²) in [7, 11) is 0. The largest absolute Gasteiger partial charge is 0.303 e. The highest BCUT2D eigenvalue weighted by atomic mass is 79.9. The Morgan fingerprint density at radius 3 is 3.14 bits per heavy atom. The zero-order chi connectivity index (χ0) is 9.97. The van der Waals surface area contributed by atoms with Crippen LogP contribution in [0.15, 0.2) is 22.8 Å². The van der Waals surface area contributed by atoms with E-state index in [0.29, 0.717) is 6.42 Å². The molecule has 0 aliphatic carbocycles. The fraction of sp³-hybridized carbons (Fsp3) is 0.200. The number of aromatic amines is 1. The Balaban J connectivity index is 2.51. The van der Waals surface area contributed by atoms with Crippen LogP contribution in [0.2, 0.25) is 0 Å². The first-order chi connectivity index (χ1) is 6.83. The van der Waals surface area contributed by atoms with Crippen molar-refractivity contribution in [3.8, 4) is 0 Å². The molecule has 0 atom stereocenters. The monoisotopic (exact) mass is 252 g/mol. The van der Waals surface area contributed by atoms with E-state index in [1.807, 2.05) is 18.2 Å². The molecule has 0 aliphatic rings. The summed E-state index contributed by atoms with van der Waals surface area (Å²) in [5, 5.41) is 8.08. The molecule has 0 fully saturated rings. The number of carbonyl (C=O) groups is 1. The summed E-state index contributed by atoms with van der Waals surface area (Å²) >= 11 is 3.40. The third-order valence-corrected chi connectivity index (χ3v) is 2.73. The van der Waals surface area contributed by atoms with Gasteiger partial charge < -0.3 is 4.79 Å². The number of H-pyrrole nitrogens is 1. The zero-order valence-corrected chi connectivity index (χ0v) is 9.04. The average Bonchev–Trinajstić information content (AvgIpc) is 2.58. The van der Waals surface area contributed by atoms with E-state index in [1.54, 1.807) is 0 Å². The predicted molar refractivity (Wildman–Crippen MR) is 58.2 cm³/mol. The van der Waals surface area contributed by atoms with Gasteiger partial charge in [0.2, 0.25) is 0 Å². The Bertz CT molecular complexity index is 464. The van der Waals surface area contributed by atoms with Crippen molar-refractivity contribution in [2.24, 2.45) is 0 Å². The van der Waals surface area contributed by atoms with Crippen LogP contribution in [0.3, 0.4) is 0 Å². The van der Waals surface area contributed by atoms with E-state index < -0.39 is 0 Å². The Kier molecular flexibility index (Phi) is 2.63. The molecule has 0 bridgehead atoms. The number of aryl methyl sites for hydroxylation is 1. The Hall–Kier alpha value is -1.16. The van der Waals surface area contributed by atoms with Gasteiger partial charge in [-0.15, -0.1) is 0 Å². The first kappa shape index (κ1) is 9.40. The predicted octanol–water partition coefficient (Wildman–Crippen LogP) is 2.46. The molecule has 72 valence electrons. The van der Waals surface area contributed by atoms with E-state index in [2.05, 4.69) is 26.1 Å². The molecule has 2 aromatic rings. The highest BCUT2D eigenvalue weighted by molar-refractivity contribution is 9.10. The summed E-state index contributed by atoms with van der Waals surface area (Å²) in [6, 6.07) is 5.92. The quantitative estimate of drug-likeness (QED) is 0.854. The van der Waals surface area contributed by atoms with Gasteiger partial charge in [-0.3, -0.25) is 5.10 Å². The first-order valence-electron chi connectivity index (χ1n) is 4.38. The molecular formula is C10H9BrN2O. The minimum atomic E-state index is 0.552. The standard InChI is InChI=1S/C10H9BrN2O/c11-10-9-7(4-2-6-14)3-1-5-8(9)12-13-10/h1,3,5-6H,2,4H2,(H,12,13). The molecule has 0 saturated heterocycles. The number of hydrogen-bond donors (Lipinski definition) is 1. The van der Waals surface area contributed by atoms with E-state index in [1.165, 1.54) is 0 Å². The van der Waals surface area contributed by atoms with Crippen LogP contribution in [0.25, 0.3) is 10.9 Å². The Morgan fingerprint density at radius 1 is 1.50 bits per heavy atom. The number of fused-ring (bicyclic) bond motifs is 1. The van der Waals surface area contributed by atoms with Gasteiger partial charge in [-0.05, 0) is 34.0 Å². The highest BCUT2D eigenvalue weighted by Crippen LogP contribution is 2.25.